The lowest BCUT2D eigenvalue weighted by molar-refractivity contribution is 0.215. The molecule has 15 heavy (non-hydrogen) atoms. The second kappa shape index (κ2) is 5.34. The zero-order valence-corrected chi connectivity index (χ0v) is 9.40. The van der Waals surface area contributed by atoms with E-state index in [0.717, 1.165) is 17.7 Å². The van der Waals surface area contributed by atoms with Gasteiger partial charge in [0.15, 0.2) is 0 Å². The van der Waals surface area contributed by atoms with E-state index < -0.39 is 0 Å². The Morgan fingerprint density at radius 1 is 1.67 bits per heavy atom. The van der Waals surface area contributed by atoms with Crippen LogP contribution in [-0.2, 0) is 4.84 Å². The van der Waals surface area contributed by atoms with Gasteiger partial charge in [-0.05, 0) is 12.5 Å². The number of rotatable bonds is 4. The summed E-state index contributed by atoms with van der Waals surface area (Å²) in [5.41, 5.74) is 8.46. The molecule has 0 saturated heterocycles. The molecule has 1 unspecified atom stereocenters. The number of nitrogens with two attached hydrogens (primary N) is 1. The molecule has 1 rings (SSSR count). The van der Waals surface area contributed by atoms with Crippen LogP contribution in [0.1, 0.15) is 37.4 Å². The Labute approximate surface area is 90.1 Å². The van der Waals surface area contributed by atoms with E-state index >= 15 is 0 Å². The molecule has 0 aliphatic rings. The van der Waals surface area contributed by atoms with E-state index in [9.17, 15) is 0 Å². The highest BCUT2D eigenvalue weighted by molar-refractivity contribution is 5.87. The largest absolute Gasteiger partial charge is 0.399 e. The van der Waals surface area contributed by atoms with Crippen molar-refractivity contribution in [2.75, 3.05) is 12.8 Å². The fourth-order valence-corrected chi connectivity index (χ4v) is 1.31. The Bertz CT molecular complexity index is 350. The van der Waals surface area contributed by atoms with Crippen LogP contribution < -0.4 is 5.73 Å². The zero-order valence-electron chi connectivity index (χ0n) is 9.40. The molecule has 0 aromatic carbocycles. The van der Waals surface area contributed by atoms with Gasteiger partial charge in [0.2, 0.25) is 0 Å². The first-order valence-electron chi connectivity index (χ1n) is 5.01. The minimum absolute atomic E-state index is 0.362. The Morgan fingerprint density at radius 2 is 2.40 bits per heavy atom. The maximum absolute atomic E-state index is 5.99. The van der Waals surface area contributed by atoms with Gasteiger partial charge in [0, 0.05) is 17.7 Å². The van der Waals surface area contributed by atoms with Crippen molar-refractivity contribution in [3.8, 4) is 0 Å². The van der Waals surface area contributed by atoms with Crippen molar-refractivity contribution in [2.24, 2.45) is 5.16 Å². The van der Waals surface area contributed by atoms with Gasteiger partial charge in [0.1, 0.15) is 7.11 Å². The van der Waals surface area contributed by atoms with Crippen molar-refractivity contribution in [3.63, 3.8) is 0 Å². The molecule has 1 aromatic heterocycles. The van der Waals surface area contributed by atoms with Crippen LogP contribution in [0.25, 0.3) is 0 Å². The molecular formula is C11H17N3O. The maximum Gasteiger partial charge on any atom is 0.106 e. The molecule has 4 nitrogen and oxygen atoms in total. The van der Waals surface area contributed by atoms with Gasteiger partial charge in [0.05, 0.1) is 17.6 Å². The number of nitrogen functional groups attached to an aromatic ring is 1. The van der Waals surface area contributed by atoms with Gasteiger partial charge in [0.25, 0.3) is 0 Å². The quantitative estimate of drug-likeness (QED) is 0.608. The molecule has 1 atom stereocenters. The predicted octanol–water partition coefficient (Wildman–Crippen LogP) is 2.16. The van der Waals surface area contributed by atoms with Crippen molar-refractivity contribution >= 4 is 11.9 Å². The Kier molecular flexibility index (Phi) is 4.09. The summed E-state index contributed by atoms with van der Waals surface area (Å²) in [6.07, 6.45) is 4.36. The Balaban J connectivity index is 3.05. The number of oxime groups is 1. The first-order valence-corrected chi connectivity index (χ1v) is 5.01. The van der Waals surface area contributed by atoms with Gasteiger partial charge in [-0.25, -0.2) is 0 Å². The SMILES string of the molecule is CCC(C)c1nccc(/C=N/OC)c1N. The van der Waals surface area contributed by atoms with Gasteiger partial charge in [-0.1, -0.05) is 19.0 Å². The summed E-state index contributed by atoms with van der Waals surface area (Å²) in [5.74, 6) is 0.362. The van der Waals surface area contributed by atoms with Crippen LogP contribution >= 0.6 is 0 Å². The molecule has 0 amide bonds. The van der Waals surface area contributed by atoms with Crippen LogP contribution in [0.2, 0.25) is 0 Å². The fourth-order valence-electron chi connectivity index (χ4n) is 1.31. The molecule has 0 bridgehead atoms. The molecule has 0 radical (unpaired) electrons. The fraction of sp³-hybridized carbons (Fsp3) is 0.455. The summed E-state index contributed by atoms with van der Waals surface area (Å²) >= 11 is 0. The molecule has 82 valence electrons. The van der Waals surface area contributed by atoms with Crippen LogP contribution in [0.4, 0.5) is 5.69 Å². The highest BCUT2D eigenvalue weighted by Gasteiger charge is 2.10. The van der Waals surface area contributed by atoms with E-state index in [4.69, 9.17) is 5.73 Å². The molecule has 0 aliphatic carbocycles. The van der Waals surface area contributed by atoms with E-state index in [1.54, 1.807) is 12.4 Å². The molecular weight excluding hydrogens is 190 g/mol. The third kappa shape index (κ3) is 2.68. The van der Waals surface area contributed by atoms with Crippen LogP contribution in [0.15, 0.2) is 17.4 Å². The molecule has 0 aliphatic heterocycles. The average molecular weight is 207 g/mol. The summed E-state index contributed by atoms with van der Waals surface area (Å²) in [5, 5.41) is 3.70. The predicted molar refractivity (Wildman–Crippen MR) is 62.0 cm³/mol. The lowest BCUT2D eigenvalue weighted by Gasteiger charge is -2.12. The Hall–Kier alpha value is -1.58. The van der Waals surface area contributed by atoms with E-state index in [0.29, 0.717) is 11.6 Å². The minimum atomic E-state index is 0.362. The summed E-state index contributed by atoms with van der Waals surface area (Å²) in [7, 11) is 1.50. The molecule has 0 fully saturated rings. The van der Waals surface area contributed by atoms with Gasteiger partial charge >= 0.3 is 0 Å². The second-order valence-electron chi connectivity index (χ2n) is 3.43. The van der Waals surface area contributed by atoms with Crippen LogP contribution in [0.3, 0.4) is 0 Å². The molecule has 0 saturated carbocycles. The first kappa shape index (κ1) is 11.5. The van der Waals surface area contributed by atoms with E-state index in [2.05, 4.69) is 28.8 Å². The van der Waals surface area contributed by atoms with E-state index in [1.807, 2.05) is 6.07 Å². The van der Waals surface area contributed by atoms with Crippen LogP contribution in [0, 0.1) is 0 Å². The van der Waals surface area contributed by atoms with Gasteiger partial charge in [-0.3, -0.25) is 4.98 Å². The normalized spacial score (nSPS) is 13.0. The molecule has 4 heteroatoms. The highest BCUT2D eigenvalue weighted by atomic mass is 16.6. The number of aromatic nitrogens is 1. The van der Waals surface area contributed by atoms with Crippen molar-refractivity contribution in [2.45, 2.75) is 26.2 Å². The number of anilines is 1. The van der Waals surface area contributed by atoms with Gasteiger partial charge in [-0.15, -0.1) is 0 Å². The van der Waals surface area contributed by atoms with Crippen molar-refractivity contribution in [1.82, 2.24) is 4.98 Å². The zero-order chi connectivity index (χ0) is 11.3. The standard InChI is InChI=1S/C11H17N3O/c1-4-8(2)11-10(12)9(5-6-13-11)7-14-15-3/h5-8H,4,12H2,1-3H3/b14-7+. The lowest BCUT2D eigenvalue weighted by atomic mass is 10.0. The minimum Gasteiger partial charge on any atom is -0.399 e. The highest BCUT2D eigenvalue weighted by Crippen LogP contribution is 2.24. The third-order valence-corrected chi connectivity index (χ3v) is 2.43. The first-order chi connectivity index (χ1) is 7.20. The Morgan fingerprint density at radius 3 is 3.00 bits per heavy atom. The number of nitrogens with zero attached hydrogens (tertiary/aromatic N) is 2. The average Bonchev–Trinajstić information content (AvgIpc) is 2.27. The van der Waals surface area contributed by atoms with Crippen molar-refractivity contribution in [3.05, 3.63) is 23.5 Å². The topological polar surface area (TPSA) is 60.5 Å². The monoisotopic (exact) mass is 207 g/mol. The van der Waals surface area contributed by atoms with E-state index in [-0.39, 0.29) is 0 Å². The summed E-state index contributed by atoms with van der Waals surface area (Å²) in [6.45, 7) is 4.22. The van der Waals surface area contributed by atoms with E-state index in [1.165, 1.54) is 7.11 Å². The van der Waals surface area contributed by atoms with Gasteiger partial charge < -0.3 is 10.6 Å². The summed E-state index contributed by atoms with van der Waals surface area (Å²) < 4.78 is 0. The lowest BCUT2D eigenvalue weighted by Crippen LogP contribution is -2.05. The van der Waals surface area contributed by atoms with Crippen molar-refractivity contribution < 1.29 is 4.84 Å². The molecule has 0 spiro atoms. The van der Waals surface area contributed by atoms with Crippen molar-refractivity contribution in [1.29, 1.82) is 0 Å². The number of pyridine rings is 1. The molecule has 1 aromatic rings. The third-order valence-electron chi connectivity index (χ3n) is 2.43. The van der Waals surface area contributed by atoms with Crippen LogP contribution in [-0.4, -0.2) is 18.3 Å². The molecule has 2 N–H and O–H groups in total. The van der Waals surface area contributed by atoms with Gasteiger partial charge in [-0.2, -0.15) is 0 Å². The maximum atomic E-state index is 5.99. The number of hydrogen-bond donors (Lipinski definition) is 1. The second-order valence-corrected chi connectivity index (χ2v) is 3.43. The number of hydrogen-bond acceptors (Lipinski definition) is 4. The smallest absolute Gasteiger partial charge is 0.106 e. The van der Waals surface area contributed by atoms with Crippen LogP contribution in [0.5, 0.6) is 0 Å². The summed E-state index contributed by atoms with van der Waals surface area (Å²) in [4.78, 5) is 8.91. The summed E-state index contributed by atoms with van der Waals surface area (Å²) in [6, 6.07) is 1.82. The molecule has 1 heterocycles.